The molecule has 0 saturated carbocycles. The van der Waals surface area contributed by atoms with Gasteiger partial charge in [0.05, 0.1) is 12.8 Å². The van der Waals surface area contributed by atoms with Crippen molar-refractivity contribution in [1.29, 1.82) is 0 Å². The molecule has 0 saturated heterocycles. The summed E-state index contributed by atoms with van der Waals surface area (Å²) < 4.78 is 20.7. The maximum Gasteiger partial charge on any atom is 0.330 e. The minimum absolute atomic E-state index is 0.287. The van der Waals surface area contributed by atoms with E-state index >= 15 is 0 Å². The predicted molar refractivity (Wildman–Crippen MR) is 120 cm³/mol. The van der Waals surface area contributed by atoms with Gasteiger partial charge in [-0.15, -0.1) is 11.3 Å². The van der Waals surface area contributed by atoms with Gasteiger partial charge in [0.1, 0.15) is 23.0 Å². The van der Waals surface area contributed by atoms with Crippen molar-refractivity contribution in [3.05, 3.63) is 70.0 Å². The third-order valence-electron chi connectivity index (χ3n) is 4.40. The van der Waals surface area contributed by atoms with Crippen molar-refractivity contribution in [3.63, 3.8) is 0 Å². The molecule has 0 aliphatic heterocycles. The van der Waals surface area contributed by atoms with Gasteiger partial charge in [0.2, 0.25) is 0 Å². The van der Waals surface area contributed by atoms with E-state index < -0.39 is 5.97 Å². The lowest BCUT2D eigenvalue weighted by molar-refractivity contribution is -0.134. The largest absolute Gasteiger partial charge is 0.466 e. The van der Waals surface area contributed by atoms with Gasteiger partial charge in [-0.2, -0.15) is 0 Å². The number of aromatic nitrogens is 3. The molecular weight excluding hydrogens is 471 g/mol. The summed E-state index contributed by atoms with van der Waals surface area (Å²) in [7, 11) is 3.21. The van der Waals surface area contributed by atoms with E-state index in [1.165, 1.54) is 36.7 Å². The number of anilines is 2. The number of ether oxygens (including phenoxy) is 1. The average Bonchev–Trinajstić information content (AvgIpc) is 3.37. The summed E-state index contributed by atoms with van der Waals surface area (Å²) in [6.07, 6.45) is 4.85. The molecule has 3 aromatic heterocycles. The molecule has 4 aromatic rings. The van der Waals surface area contributed by atoms with Gasteiger partial charge in [-0.05, 0) is 58.4 Å². The molecule has 0 aliphatic carbocycles. The van der Waals surface area contributed by atoms with Crippen LogP contribution in [0.15, 0.2) is 58.5 Å². The molecule has 0 amide bonds. The number of pyridine rings is 1. The van der Waals surface area contributed by atoms with Crippen LogP contribution in [0.5, 0.6) is 0 Å². The van der Waals surface area contributed by atoms with Gasteiger partial charge in [-0.1, -0.05) is 0 Å². The van der Waals surface area contributed by atoms with Crippen LogP contribution in [0.3, 0.4) is 0 Å². The Morgan fingerprint density at radius 2 is 2.00 bits per heavy atom. The highest BCUT2D eigenvalue weighted by atomic mass is 79.9. The smallest absolute Gasteiger partial charge is 0.330 e. The molecule has 0 aliphatic rings. The number of rotatable bonds is 5. The highest BCUT2D eigenvalue weighted by Crippen LogP contribution is 2.34. The van der Waals surface area contributed by atoms with Gasteiger partial charge in [-0.25, -0.2) is 19.2 Å². The fraction of sp³-hybridized carbons (Fsp3) is 0.0952. The summed E-state index contributed by atoms with van der Waals surface area (Å²) in [5.74, 6) is -0.00851. The lowest BCUT2D eigenvalue weighted by Crippen LogP contribution is -2.13. The quantitative estimate of drug-likeness (QED) is 0.282. The van der Waals surface area contributed by atoms with E-state index in [2.05, 4.69) is 20.9 Å². The molecule has 0 fully saturated rings. The molecule has 4 rings (SSSR count). The number of carbonyl (C=O) groups is 1. The van der Waals surface area contributed by atoms with Gasteiger partial charge >= 0.3 is 5.97 Å². The van der Waals surface area contributed by atoms with Crippen LogP contribution in [-0.4, -0.2) is 34.5 Å². The molecule has 0 bridgehead atoms. The number of benzene rings is 1. The Hall–Kier alpha value is -3.04. The predicted octanol–water partition coefficient (Wildman–Crippen LogP) is 5.31. The number of hydrogen-bond acceptors (Lipinski definition) is 6. The van der Waals surface area contributed by atoms with Crippen LogP contribution in [0.4, 0.5) is 15.3 Å². The first-order chi connectivity index (χ1) is 14.5. The minimum atomic E-state index is -0.463. The number of thiazole rings is 1. The summed E-state index contributed by atoms with van der Waals surface area (Å²) in [5, 5.41) is 2.64. The standard InChI is InChI=1S/C21H16BrFN4O2S/c1-26(21-25-17(12-30-21)13-3-6-15(23)7-4-13)20-16(8-10-19(28)29-2)24-18-9-5-14(22)11-27(18)20/h3-12H,1-2H3. The number of methoxy groups -OCH3 is 1. The zero-order chi connectivity index (χ0) is 21.3. The summed E-state index contributed by atoms with van der Waals surface area (Å²) >= 11 is 4.95. The van der Waals surface area contributed by atoms with E-state index in [1.807, 2.05) is 40.1 Å². The Labute approximate surface area is 184 Å². The van der Waals surface area contributed by atoms with Crippen LogP contribution >= 0.6 is 27.3 Å². The van der Waals surface area contributed by atoms with Crippen LogP contribution in [-0.2, 0) is 9.53 Å². The number of hydrogen-bond donors (Lipinski definition) is 0. The second-order valence-electron chi connectivity index (χ2n) is 6.33. The van der Waals surface area contributed by atoms with Crippen LogP contribution in [0.25, 0.3) is 23.0 Å². The molecule has 3 heterocycles. The third kappa shape index (κ3) is 3.99. The first kappa shape index (κ1) is 20.2. The molecule has 0 radical (unpaired) electrons. The Balaban J connectivity index is 1.77. The van der Waals surface area contributed by atoms with E-state index in [0.717, 1.165) is 32.3 Å². The molecule has 0 N–H and O–H groups in total. The second-order valence-corrected chi connectivity index (χ2v) is 8.09. The Kier molecular flexibility index (Phi) is 5.65. The number of halogens is 2. The first-order valence-electron chi connectivity index (χ1n) is 8.85. The SMILES string of the molecule is COC(=O)C=Cc1nc2ccc(Br)cn2c1N(C)c1nc(-c2ccc(F)cc2)cs1. The highest BCUT2D eigenvalue weighted by molar-refractivity contribution is 9.10. The number of nitrogens with zero attached hydrogens (tertiary/aromatic N) is 4. The topological polar surface area (TPSA) is 59.7 Å². The average molecular weight is 487 g/mol. The summed E-state index contributed by atoms with van der Waals surface area (Å²) in [6, 6.07) is 10.00. The van der Waals surface area contributed by atoms with Crippen molar-refractivity contribution in [1.82, 2.24) is 14.4 Å². The zero-order valence-corrected chi connectivity index (χ0v) is 18.4. The van der Waals surface area contributed by atoms with Crippen molar-refractivity contribution in [2.24, 2.45) is 0 Å². The van der Waals surface area contributed by atoms with Crippen molar-refractivity contribution in [3.8, 4) is 11.3 Å². The lowest BCUT2D eigenvalue weighted by Gasteiger charge is -2.16. The molecule has 9 heteroatoms. The Morgan fingerprint density at radius 1 is 1.23 bits per heavy atom. The van der Waals surface area contributed by atoms with Gasteiger partial charge in [-0.3, -0.25) is 4.40 Å². The molecule has 1 aromatic carbocycles. The Morgan fingerprint density at radius 3 is 2.73 bits per heavy atom. The van der Waals surface area contributed by atoms with E-state index in [9.17, 15) is 9.18 Å². The van der Waals surface area contributed by atoms with E-state index in [-0.39, 0.29) is 5.82 Å². The van der Waals surface area contributed by atoms with Crippen LogP contribution in [0.2, 0.25) is 0 Å². The van der Waals surface area contributed by atoms with Crippen molar-refractivity contribution in [2.75, 3.05) is 19.1 Å². The van der Waals surface area contributed by atoms with Gasteiger partial charge < -0.3 is 9.64 Å². The Bertz CT molecular complexity index is 1250. The maximum absolute atomic E-state index is 13.2. The molecular formula is C21H16BrFN4O2S. The molecule has 0 atom stereocenters. The van der Waals surface area contributed by atoms with Crippen molar-refractivity contribution in [2.45, 2.75) is 0 Å². The number of imidazole rings is 1. The van der Waals surface area contributed by atoms with Crippen molar-refractivity contribution >= 4 is 55.9 Å². The summed E-state index contributed by atoms with van der Waals surface area (Å²) in [5.41, 5.74) is 2.90. The minimum Gasteiger partial charge on any atom is -0.466 e. The highest BCUT2D eigenvalue weighted by Gasteiger charge is 2.19. The molecule has 152 valence electrons. The molecule has 6 nitrogen and oxygen atoms in total. The van der Waals surface area contributed by atoms with Crippen molar-refractivity contribution < 1.29 is 13.9 Å². The second kappa shape index (κ2) is 8.37. The van der Waals surface area contributed by atoms with Gasteiger partial charge in [0.15, 0.2) is 5.13 Å². The normalized spacial score (nSPS) is 11.3. The fourth-order valence-electron chi connectivity index (χ4n) is 2.95. The van der Waals surface area contributed by atoms with Gasteiger partial charge in [0.25, 0.3) is 0 Å². The third-order valence-corrected chi connectivity index (χ3v) is 5.78. The lowest BCUT2D eigenvalue weighted by atomic mass is 10.2. The van der Waals surface area contributed by atoms with Crippen LogP contribution < -0.4 is 4.90 Å². The van der Waals surface area contributed by atoms with E-state index in [1.54, 1.807) is 18.2 Å². The van der Waals surface area contributed by atoms with E-state index in [0.29, 0.717) is 5.69 Å². The maximum atomic E-state index is 13.2. The number of fused-ring (bicyclic) bond motifs is 1. The fourth-order valence-corrected chi connectivity index (χ4v) is 4.09. The van der Waals surface area contributed by atoms with Crippen LogP contribution in [0, 0.1) is 5.82 Å². The van der Waals surface area contributed by atoms with Gasteiger partial charge in [0, 0.05) is 34.7 Å². The summed E-state index contributed by atoms with van der Waals surface area (Å²) in [4.78, 5) is 22.8. The van der Waals surface area contributed by atoms with Crippen LogP contribution in [0.1, 0.15) is 5.69 Å². The first-order valence-corrected chi connectivity index (χ1v) is 10.5. The zero-order valence-electron chi connectivity index (χ0n) is 16.0. The molecule has 0 spiro atoms. The summed E-state index contributed by atoms with van der Waals surface area (Å²) in [6.45, 7) is 0. The number of esters is 1. The monoisotopic (exact) mass is 486 g/mol. The molecule has 30 heavy (non-hydrogen) atoms. The van der Waals surface area contributed by atoms with E-state index in [4.69, 9.17) is 9.72 Å². The molecule has 0 unspecified atom stereocenters. The number of carbonyl (C=O) groups excluding carboxylic acids is 1.